The van der Waals surface area contributed by atoms with Crippen LogP contribution in [0.1, 0.15) is 25.8 Å². The molecule has 0 bridgehead atoms. The molecule has 2 aromatic carbocycles. The molecule has 8 nitrogen and oxygen atoms in total. The van der Waals surface area contributed by atoms with Crippen molar-refractivity contribution in [3.63, 3.8) is 0 Å². The lowest BCUT2D eigenvalue weighted by Gasteiger charge is -2.15. The Morgan fingerprint density at radius 1 is 1.26 bits per heavy atom. The lowest BCUT2D eigenvalue weighted by molar-refractivity contribution is -0.384. The van der Waals surface area contributed by atoms with Gasteiger partial charge in [-0.05, 0) is 38.0 Å². The molecule has 3 aromatic rings. The van der Waals surface area contributed by atoms with Crippen molar-refractivity contribution < 1.29 is 9.72 Å². The van der Waals surface area contributed by atoms with E-state index >= 15 is 0 Å². The first-order chi connectivity index (χ1) is 14.8. The Morgan fingerprint density at radius 2 is 2.03 bits per heavy atom. The van der Waals surface area contributed by atoms with Crippen LogP contribution in [0.15, 0.2) is 47.6 Å². The second-order valence-corrected chi connectivity index (χ2v) is 8.40. The number of amides is 1. The molecule has 10 heteroatoms. The number of aryl methyl sites for hydroxylation is 1. The smallest absolute Gasteiger partial charge is 0.271 e. The quantitative estimate of drug-likeness (QED) is 0.277. The molecule has 0 spiro atoms. The number of benzene rings is 2. The maximum atomic E-state index is 12.8. The third-order valence-corrected chi connectivity index (χ3v) is 6.45. The van der Waals surface area contributed by atoms with E-state index in [9.17, 15) is 14.9 Å². The van der Waals surface area contributed by atoms with Crippen molar-refractivity contribution in [1.29, 1.82) is 0 Å². The minimum absolute atomic E-state index is 0.0781. The molecule has 162 valence electrons. The Morgan fingerprint density at radius 3 is 2.68 bits per heavy atom. The largest absolute Gasteiger partial charge is 0.325 e. The van der Waals surface area contributed by atoms with E-state index in [0.717, 1.165) is 11.1 Å². The van der Waals surface area contributed by atoms with Gasteiger partial charge >= 0.3 is 0 Å². The van der Waals surface area contributed by atoms with Crippen LogP contribution in [-0.2, 0) is 11.3 Å². The highest BCUT2D eigenvalue weighted by atomic mass is 35.5. The summed E-state index contributed by atoms with van der Waals surface area (Å²) in [7, 11) is 0. The van der Waals surface area contributed by atoms with Gasteiger partial charge < -0.3 is 9.88 Å². The number of hydrogen-bond acceptors (Lipinski definition) is 6. The predicted molar refractivity (Wildman–Crippen MR) is 123 cm³/mol. The van der Waals surface area contributed by atoms with Gasteiger partial charge in [-0.25, -0.2) is 0 Å². The number of nitrogens with one attached hydrogen (secondary N) is 1. The first-order valence-corrected chi connectivity index (χ1v) is 11.0. The molecule has 1 heterocycles. The Kier molecular flexibility index (Phi) is 7.29. The fourth-order valence-electron chi connectivity index (χ4n) is 2.98. The Bertz CT molecular complexity index is 1120. The van der Waals surface area contributed by atoms with Gasteiger partial charge in [0.2, 0.25) is 5.91 Å². The Balaban J connectivity index is 1.80. The zero-order valence-corrected chi connectivity index (χ0v) is 18.9. The number of anilines is 1. The van der Waals surface area contributed by atoms with Crippen LogP contribution in [0, 0.1) is 17.0 Å². The SMILES string of the molecule is CC[C@@H](Sc1nnc(-c2ccc(C)c(Cl)c2)n1CC)C(=O)Nc1cccc([N+](=O)[O-])c1. The van der Waals surface area contributed by atoms with Crippen molar-refractivity contribution in [2.45, 2.75) is 44.1 Å². The molecule has 0 unspecified atom stereocenters. The van der Waals surface area contributed by atoms with Crippen LogP contribution in [0.25, 0.3) is 11.4 Å². The van der Waals surface area contributed by atoms with Gasteiger partial charge in [-0.1, -0.05) is 48.5 Å². The van der Waals surface area contributed by atoms with Crippen molar-refractivity contribution in [2.75, 3.05) is 5.32 Å². The average molecular weight is 460 g/mol. The van der Waals surface area contributed by atoms with Gasteiger partial charge in [-0.2, -0.15) is 0 Å². The average Bonchev–Trinajstić information content (AvgIpc) is 3.16. The highest BCUT2D eigenvalue weighted by Crippen LogP contribution is 2.30. The number of aromatic nitrogens is 3. The second-order valence-electron chi connectivity index (χ2n) is 6.83. The summed E-state index contributed by atoms with van der Waals surface area (Å²) in [6, 6.07) is 11.6. The van der Waals surface area contributed by atoms with Crippen LogP contribution in [0.4, 0.5) is 11.4 Å². The minimum Gasteiger partial charge on any atom is -0.325 e. The van der Waals surface area contributed by atoms with Crippen LogP contribution in [-0.4, -0.2) is 30.8 Å². The first-order valence-electron chi connectivity index (χ1n) is 9.75. The number of nitro benzene ring substituents is 1. The number of carbonyl (C=O) groups excluding carboxylic acids is 1. The number of thioether (sulfide) groups is 1. The maximum Gasteiger partial charge on any atom is 0.271 e. The van der Waals surface area contributed by atoms with Gasteiger partial charge in [0, 0.05) is 35.0 Å². The lowest BCUT2D eigenvalue weighted by atomic mass is 10.1. The lowest BCUT2D eigenvalue weighted by Crippen LogP contribution is -2.25. The topological polar surface area (TPSA) is 103 Å². The van der Waals surface area contributed by atoms with E-state index in [-0.39, 0.29) is 11.6 Å². The van der Waals surface area contributed by atoms with Crippen LogP contribution < -0.4 is 5.32 Å². The third kappa shape index (κ3) is 5.23. The predicted octanol–water partition coefficient (Wildman–Crippen LogP) is 5.34. The van der Waals surface area contributed by atoms with Crippen molar-refractivity contribution >= 4 is 40.6 Å². The number of halogens is 1. The summed E-state index contributed by atoms with van der Waals surface area (Å²) in [5, 5.41) is 23.2. The number of nitro groups is 1. The van der Waals surface area contributed by atoms with E-state index in [2.05, 4.69) is 15.5 Å². The summed E-state index contributed by atoms with van der Waals surface area (Å²) in [6.45, 7) is 6.44. The van der Waals surface area contributed by atoms with Gasteiger partial charge in [-0.3, -0.25) is 14.9 Å². The van der Waals surface area contributed by atoms with Crippen LogP contribution in [0.2, 0.25) is 5.02 Å². The van der Waals surface area contributed by atoms with Crippen LogP contribution >= 0.6 is 23.4 Å². The minimum atomic E-state index is -0.496. The maximum absolute atomic E-state index is 12.8. The molecule has 1 aromatic heterocycles. The molecule has 0 aliphatic carbocycles. The summed E-state index contributed by atoms with van der Waals surface area (Å²) in [5.41, 5.74) is 2.13. The van der Waals surface area contributed by atoms with Gasteiger partial charge in [0.05, 0.1) is 10.2 Å². The molecule has 0 fully saturated rings. The molecular formula is C21H22ClN5O3S. The number of carbonyl (C=O) groups is 1. The number of hydrogen-bond donors (Lipinski definition) is 1. The number of nitrogens with zero attached hydrogens (tertiary/aromatic N) is 4. The van der Waals surface area contributed by atoms with Crippen molar-refractivity contribution in [2.24, 2.45) is 0 Å². The molecule has 0 radical (unpaired) electrons. The summed E-state index contributed by atoms with van der Waals surface area (Å²) in [6.07, 6.45) is 0.549. The Hall–Kier alpha value is -2.91. The number of rotatable bonds is 8. The highest BCUT2D eigenvalue weighted by Gasteiger charge is 2.23. The van der Waals surface area contributed by atoms with Gasteiger partial charge in [0.15, 0.2) is 11.0 Å². The Labute approximate surface area is 189 Å². The van der Waals surface area contributed by atoms with Crippen molar-refractivity contribution in [3.05, 3.63) is 63.2 Å². The van der Waals surface area contributed by atoms with E-state index in [1.807, 2.05) is 43.5 Å². The first kappa shape index (κ1) is 22.8. The van der Waals surface area contributed by atoms with Gasteiger partial charge in [-0.15, -0.1) is 10.2 Å². The molecule has 0 saturated heterocycles. The molecule has 0 aliphatic rings. The van der Waals surface area contributed by atoms with Crippen molar-refractivity contribution in [1.82, 2.24) is 14.8 Å². The fourth-order valence-corrected chi connectivity index (χ4v) is 4.17. The number of non-ortho nitro benzene ring substituents is 1. The normalized spacial score (nSPS) is 11.9. The second kappa shape index (κ2) is 9.93. The van der Waals surface area contributed by atoms with Crippen LogP contribution in [0.5, 0.6) is 0 Å². The monoisotopic (exact) mass is 459 g/mol. The zero-order chi connectivity index (χ0) is 22.5. The van der Waals surface area contributed by atoms with Crippen LogP contribution in [0.3, 0.4) is 0 Å². The summed E-state index contributed by atoms with van der Waals surface area (Å²) >= 11 is 7.58. The molecule has 31 heavy (non-hydrogen) atoms. The van der Waals surface area contributed by atoms with E-state index in [0.29, 0.717) is 34.7 Å². The van der Waals surface area contributed by atoms with E-state index < -0.39 is 10.2 Å². The van der Waals surface area contributed by atoms with Gasteiger partial charge in [0.25, 0.3) is 5.69 Å². The van der Waals surface area contributed by atoms with E-state index in [1.165, 1.54) is 30.0 Å². The third-order valence-electron chi connectivity index (χ3n) is 4.70. The summed E-state index contributed by atoms with van der Waals surface area (Å²) in [5.74, 6) is 0.430. The molecule has 0 aliphatic heterocycles. The van der Waals surface area contributed by atoms with Crippen molar-refractivity contribution in [3.8, 4) is 11.4 Å². The zero-order valence-electron chi connectivity index (χ0n) is 17.3. The molecular weight excluding hydrogens is 438 g/mol. The van der Waals surface area contributed by atoms with E-state index in [4.69, 9.17) is 11.6 Å². The van der Waals surface area contributed by atoms with E-state index in [1.54, 1.807) is 6.07 Å². The molecule has 1 atom stereocenters. The molecule has 1 amide bonds. The molecule has 3 rings (SSSR count). The summed E-state index contributed by atoms with van der Waals surface area (Å²) < 4.78 is 1.94. The summed E-state index contributed by atoms with van der Waals surface area (Å²) in [4.78, 5) is 23.3. The standard InChI is InChI=1S/C21H22ClN5O3S/c1-4-18(20(28)23-15-7-6-8-16(12-15)27(29)30)31-21-25-24-19(26(21)5-2)14-10-9-13(3)17(22)11-14/h6-12,18H,4-5H2,1-3H3,(H,23,28)/t18-/m1/s1. The highest BCUT2D eigenvalue weighted by molar-refractivity contribution is 8.00. The molecule has 1 N–H and O–H groups in total. The fraction of sp³-hybridized carbons (Fsp3) is 0.286. The molecule has 0 saturated carbocycles. The van der Waals surface area contributed by atoms with Gasteiger partial charge in [0.1, 0.15) is 0 Å².